The third-order valence-corrected chi connectivity index (χ3v) is 3.91. The Morgan fingerprint density at radius 3 is 2.39 bits per heavy atom. The van der Waals surface area contributed by atoms with Gasteiger partial charge in [0.15, 0.2) is 0 Å². The van der Waals surface area contributed by atoms with Gasteiger partial charge in [0, 0.05) is 17.0 Å². The number of aromatic carboxylic acids is 1. The Morgan fingerprint density at radius 2 is 1.75 bits per heavy atom. The molecule has 9 heteroatoms. The minimum absolute atomic E-state index is 0.161. The van der Waals surface area contributed by atoms with Crippen LogP contribution in [0.1, 0.15) is 31.1 Å². The molecule has 0 atom stereocenters. The molecule has 0 aliphatic carbocycles. The number of hydrogen-bond acceptors (Lipinski definition) is 7. The molecule has 3 rings (SSSR count). The highest BCUT2D eigenvalue weighted by atomic mass is 16.5. The van der Waals surface area contributed by atoms with Crippen LogP contribution in [0.3, 0.4) is 0 Å². The number of carboxylic acids is 1. The summed E-state index contributed by atoms with van der Waals surface area (Å²) >= 11 is 0. The van der Waals surface area contributed by atoms with Crippen molar-refractivity contribution in [3.8, 4) is 11.5 Å². The molecular weight excluding hydrogens is 370 g/mol. The van der Waals surface area contributed by atoms with E-state index in [1.165, 1.54) is 19.2 Å². The predicted molar refractivity (Wildman–Crippen MR) is 95.9 cm³/mol. The lowest BCUT2D eigenvalue weighted by molar-refractivity contribution is 0.0691. The zero-order valence-corrected chi connectivity index (χ0v) is 14.4. The minimum atomic E-state index is -1.37. The maximum Gasteiger partial charge on any atom is 0.349 e. The fourth-order valence-electron chi connectivity index (χ4n) is 2.47. The van der Waals surface area contributed by atoms with Gasteiger partial charge in [-0.2, -0.15) is 0 Å². The first-order valence-electron chi connectivity index (χ1n) is 7.84. The van der Waals surface area contributed by atoms with E-state index < -0.39 is 40.3 Å². The van der Waals surface area contributed by atoms with Gasteiger partial charge in [0.2, 0.25) is 0 Å². The summed E-state index contributed by atoms with van der Waals surface area (Å²) in [6.45, 7) is 0. The largest absolute Gasteiger partial charge is 0.507 e. The van der Waals surface area contributed by atoms with Crippen LogP contribution in [0, 0.1) is 0 Å². The predicted octanol–water partition coefficient (Wildman–Crippen LogP) is 1.78. The van der Waals surface area contributed by atoms with Gasteiger partial charge in [0.1, 0.15) is 28.2 Å². The number of nitrogens with one attached hydrogen (secondary N) is 1. The first kappa shape index (κ1) is 18.6. The van der Waals surface area contributed by atoms with Gasteiger partial charge in [-0.15, -0.1) is 0 Å². The molecule has 1 aromatic heterocycles. The lowest BCUT2D eigenvalue weighted by Gasteiger charge is -2.06. The second-order valence-electron chi connectivity index (χ2n) is 5.67. The molecular formula is C19H13NO8. The van der Waals surface area contributed by atoms with Crippen LogP contribution in [0.25, 0.3) is 11.0 Å². The van der Waals surface area contributed by atoms with Crippen LogP contribution in [-0.4, -0.2) is 35.1 Å². The summed E-state index contributed by atoms with van der Waals surface area (Å²) in [5, 5.41) is 21.0. The molecule has 142 valence electrons. The van der Waals surface area contributed by atoms with Gasteiger partial charge in [-0.3, -0.25) is 14.9 Å². The van der Waals surface area contributed by atoms with Crippen molar-refractivity contribution in [2.45, 2.75) is 0 Å². The maximum absolute atomic E-state index is 12.3. The standard InChI is InChI=1S/C19H13NO8/c1-27-11-4-2-9-6-13(19(26)28-15(9)8-11)17(23)20-16(22)10-3-5-12(18(24)25)14(21)7-10/h2-8,21H,1H3,(H,24,25)(H,20,22,23). The number of carbonyl (C=O) groups is 3. The summed E-state index contributed by atoms with van der Waals surface area (Å²) in [5.41, 5.74) is -1.69. The van der Waals surface area contributed by atoms with Crippen LogP contribution in [0.2, 0.25) is 0 Å². The smallest absolute Gasteiger partial charge is 0.349 e. The van der Waals surface area contributed by atoms with Crippen LogP contribution in [-0.2, 0) is 0 Å². The molecule has 2 aromatic carbocycles. The number of ether oxygens (including phenoxy) is 1. The highest BCUT2D eigenvalue weighted by molar-refractivity contribution is 6.11. The number of imide groups is 1. The number of phenols is 1. The van der Waals surface area contributed by atoms with Crippen molar-refractivity contribution in [1.82, 2.24) is 5.32 Å². The van der Waals surface area contributed by atoms with E-state index in [9.17, 15) is 24.3 Å². The van der Waals surface area contributed by atoms with Crippen molar-refractivity contribution in [2.75, 3.05) is 7.11 Å². The molecule has 0 radical (unpaired) electrons. The zero-order valence-electron chi connectivity index (χ0n) is 14.4. The van der Waals surface area contributed by atoms with Crippen molar-refractivity contribution >= 4 is 28.8 Å². The molecule has 0 saturated carbocycles. The fraction of sp³-hybridized carbons (Fsp3) is 0.0526. The van der Waals surface area contributed by atoms with E-state index in [2.05, 4.69) is 0 Å². The Bertz CT molecular complexity index is 1180. The molecule has 0 fully saturated rings. The number of benzene rings is 2. The molecule has 0 bridgehead atoms. The first-order valence-corrected chi connectivity index (χ1v) is 7.84. The van der Waals surface area contributed by atoms with E-state index in [4.69, 9.17) is 14.3 Å². The second-order valence-corrected chi connectivity index (χ2v) is 5.67. The van der Waals surface area contributed by atoms with E-state index in [0.717, 1.165) is 18.2 Å². The lowest BCUT2D eigenvalue weighted by Crippen LogP contribution is -2.33. The van der Waals surface area contributed by atoms with Gasteiger partial charge in [-0.05, 0) is 36.4 Å². The summed E-state index contributed by atoms with van der Waals surface area (Å²) in [4.78, 5) is 47.4. The molecule has 0 aliphatic rings. The van der Waals surface area contributed by atoms with E-state index in [-0.39, 0.29) is 11.1 Å². The Kier molecular flexibility index (Phi) is 4.82. The van der Waals surface area contributed by atoms with Gasteiger partial charge in [0.25, 0.3) is 11.8 Å². The Hall–Kier alpha value is -4.14. The number of carbonyl (C=O) groups excluding carboxylic acids is 2. The molecule has 0 spiro atoms. The number of carboxylic acid groups (broad SMARTS) is 1. The fourth-order valence-corrected chi connectivity index (χ4v) is 2.47. The summed E-state index contributed by atoms with van der Waals surface area (Å²) in [5.74, 6) is -3.46. The van der Waals surface area contributed by atoms with E-state index in [1.54, 1.807) is 12.1 Å². The first-order chi connectivity index (χ1) is 13.3. The third kappa shape index (κ3) is 3.54. The van der Waals surface area contributed by atoms with E-state index in [1.807, 2.05) is 5.32 Å². The van der Waals surface area contributed by atoms with Crippen molar-refractivity contribution in [3.05, 3.63) is 69.6 Å². The number of aromatic hydroxyl groups is 1. The molecule has 2 amide bonds. The van der Waals surface area contributed by atoms with E-state index >= 15 is 0 Å². The summed E-state index contributed by atoms with van der Waals surface area (Å²) in [6.07, 6.45) is 0. The normalized spacial score (nSPS) is 10.5. The van der Waals surface area contributed by atoms with Gasteiger partial charge in [-0.1, -0.05) is 0 Å². The van der Waals surface area contributed by atoms with Crippen molar-refractivity contribution in [1.29, 1.82) is 0 Å². The lowest BCUT2D eigenvalue weighted by atomic mass is 10.1. The molecule has 0 saturated heterocycles. The monoisotopic (exact) mass is 383 g/mol. The number of rotatable bonds is 4. The molecule has 3 aromatic rings. The second kappa shape index (κ2) is 7.23. The Balaban J connectivity index is 1.87. The topological polar surface area (TPSA) is 143 Å². The van der Waals surface area contributed by atoms with Crippen molar-refractivity contribution in [3.63, 3.8) is 0 Å². The van der Waals surface area contributed by atoms with Gasteiger partial charge in [0.05, 0.1) is 7.11 Å². The van der Waals surface area contributed by atoms with Crippen LogP contribution >= 0.6 is 0 Å². The highest BCUT2D eigenvalue weighted by Gasteiger charge is 2.19. The average Bonchev–Trinajstić information content (AvgIpc) is 2.66. The quantitative estimate of drug-likeness (QED) is 0.457. The molecule has 28 heavy (non-hydrogen) atoms. The summed E-state index contributed by atoms with van der Waals surface area (Å²) in [6, 6.07) is 9.00. The van der Waals surface area contributed by atoms with Crippen LogP contribution in [0.4, 0.5) is 0 Å². The van der Waals surface area contributed by atoms with E-state index in [0.29, 0.717) is 11.1 Å². The summed E-state index contributed by atoms with van der Waals surface area (Å²) < 4.78 is 10.1. The van der Waals surface area contributed by atoms with Gasteiger partial charge in [-0.25, -0.2) is 9.59 Å². The molecule has 0 aliphatic heterocycles. The van der Waals surface area contributed by atoms with Gasteiger partial charge < -0.3 is 19.4 Å². The maximum atomic E-state index is 12.3. The average molecular weight is 383 g/mol. The van der Waals surface area contributed by atoms with Crippen molar-refractivity contribution < 1.29 is 33.8 Å². The molecule has 3 N–H and O–H groups in total. The Morgan fingerprint density at radius 1 is 1.00 bits per heavy atom. The Labute approximate surface area is 156 Å². The minimum Gasteiger partial charge on any atom is -0.507 e. The zero-order chi connectivity index (χ0) is 20.4. The number of amides is 2. The SMILES string of the molecule is COc1ccc2cc(C(=O)NC(=O)c3ccc(C(=O)O)c(O)c3)c(=O)oc2c1. The van der Waals surface area contributed by atoms with Crippen molar-refractivity contribution in [2.24, 2.45) is 0 Å². The number of methoxy groups -OCH3 is 1. The third-order valence-electron chi connectivity index (χ3n) is 3.91. The van der Waals surface area contributed by atoms with Crippen LogP contribution in [0.5, 0.6) is 11.5 Å². The highest BCUT2D eigenvalue weighted by Crippen LogP contribution is 2.21. The molecule has 9 nitrogen and oxygen atoms in total. The molecule has 0 unspecified atom stereocenters. The van der Waals surface area contributed by atoms with Crippen LogP contribution < -0.4 is 15.7 Å². The van der Waals surface area contributed by atoms with Gasteiger partial charge >= 0.3 is 11.6 Å². The summed E-state index contributed by atoms with van der Waals surface area (Å²) in [7, 11) is 1.45. The molecule has 1 heterocycles. The number of hydrogen-bond donors (Lipinski definition) is 3. The number of fused-ring (bicyclic) bond motifs is 1. The van der Waals surface area contributed by atoms with Crippen LogP contribution in [0.15, 0.2) is 51.7 Å².